The number of hydrogen-bond donors (Lipinski definition) is 1. The lowest BCUT2D eigenvalue weighted by atomic mass is 10.1. The van der Waals surface area contributed by atoms with Gasteiger partial charge in [-0.25, -0.2) is 0 Å². The Bertz CT molecular complexity index is 753. The zero-order chi connectivity index (χ0) is 19.1. The van der Waals surface area contributed by atoms with Crippen LogP contribution in [0.1, 0.15) is 22.6 Å². The van der Waals surface area contributed by atoms with Gasteiger partial charge in [0.2, 0.25) is 0 Å². The second kappa shape index (κ2) is 9.17. The number of benzene rings is 1. The minimum Gasteiger partial charge on any atom is -0.493 e. The van der Waals surface area contributed by atoms with E-state index >= 15 is 0 Å². The van der Waals surface area contributed by atoms with Crippen LogP contribution in [0.3, 0.4) is 0 Å². The third-order valence-corrected chi connectivity index (χ3v) is 4.34. The van der Waals surface area contributed by atoms with Crippen molar-refractivity contribution in [1.29, 1.82) is 0 Å². The zero-order valence-corrected chi connectivity index (χ0v) is 16.5. The van der Waals surface area contributed by atoms with Gasteiger partial charge in [0, 0.05) is 32.7 Å². The molecule has 0 aliphatic carbocycles. The lowest BCUT2D eigenvalue weighted by Gasteiger charge is -2.22. The van der Waals surface area contributed by atoms with E-state index in [0.29, 0.717) is 6.54 Å². The maximum atomic E-state index is 5.57. The van der Waals surface area contributed by atoms with Crippen molar-refractivity contribution in [3.8, 4) is 11.5 Å². The largest absolute Gasteiger partial charge is 0.493 e. The summed E-state index contributed by atoms with van der Waals surface area (Å²) in [5.74, 6) is 4.21. The normalized spacial score (nSPS) is 11.4. The van der Waals surface area contributed by atoms with E-state index in [-0.39, 0.29) is 0 Å². The first-order valence-corrected chi connectivity index (χ1v) is 8.67. The van der Waals surface area contributed by atoms with E-state index < -0.39 is 0 Å². The fraction of sp³-hybridized carbons (Fsp3) is 0.450. The molecule has 0 fully saturated rings. The van der Waals surface area contributed by atoms with Crippen LogP contribution in [0.4, 0.5) is 0 Å². The molecule has 0 spiro atoms. The summed E-state index contributed by atoms with van der Waals surface area (Å²) >= 11 is 0. The van der Waals surface area contributed by atoms with Gasteiger partial charge in [-0.05, 0) is 44.0 Å². The predicted molar refractivity (Wildman–Crippen MR) is 104 cm³/mol. The summed E-state index contributed by atoms with van der Waals surface area (Å²) in [5.41, 5.74) is 2.34. The number of aryl methyl sites for hydroxylation is 2. The van der Waals surface area contributed by atoms with Crippen LogP contribution in [-0.2, 0) is 13.0 Å². The van der Waals surface area contributed by atoms with Crippen molar-refractivity contribution in [1.82, 2.24) is 10.2 Å². The molecule has 1 N–H and O–H groups in total. The molecule has 0 saturated heterocycles. The van der Waals surface area contributed by atoms with Crippen LogP contribution in [0.5, 0.6) is 11.5 Å². The van der Waals surface area contributed by atoms with Crippen LogP contribution in [0.25, 0.3) is 0 Å². The van der Waals surface area contributed by atoms with Crippen molar-refractivity contribution in [3.05, 3.63) is 46.9 Å². The molecule has 0 unspecified atom stereocenters. The lowest BCUT2D eigenvalue weighted by Crippen LogP contribution is -2.39. The van der Waals surface area contributed by atoms with E-state index in [2.05, 4.69) is 27.3 Å². The molecule has 0 radical (unpaired) electrons. The van der Waals surface area contributed by atoms with Crippen molar-refractivity contribution in [2.45, 2.75) is 26.8 Å². The van der Waals surface area contributed by atoms with E-state index in [4.69, 9.17) is 13.9 Å². The van der Waals surface area contributed by atoms with Gasteiger partial charge in [0.25, 0.3) is 0 Å². The van der Waals surface area contributed by atoms with E-state index in [1.165, 1.54) is 5.56 Å². The van der Waals surface area contributed by atoms with Crippen molar-refractivity contribution >= 4 is 5.96 Å². The molecule has 0 amide bonds. The van der Waals surface area contributed by atoms with Crippen molar-refractivity contribution in [3.63, 3.8) is 0 Å². The molecule has 0 atom stereocenters. The Kier molecular flexibility index (Phi) is 6.95. The third kappa shape index (κ3) is 4.94. The Morgan fingerprint density at radius 3 is 2.46 bits per heavy atom. The first-order chi connectivity index (χ1) is 12.5. The van der Waals surface area contributed by atoms with Crippen LogP contribution in [0.2, 0.25) is 0 Å². The van der Waals surface area contributed by atoms with Gasteiger partial charge in [0.05, 0.1) is 14.2 Å². The Balaban J connectivity index is 1.92. The van der Waals surface area contributed by atoms with Gasteiger partial charge in [-0.15, -0.1) is 0 Å². The molecule has 2 aromatic rings. The Hall–Kier alpha value is -2.63. The maximum absolute atomic E-state index is 5.57. The van der Waals surface area contributed by atoms with Gasteiger partial charge in [0.1, 0.15) is 11.5 Å². The SMILES string of the molecule is CN=C(NCc1cc(C)oc1C)N(C)CCc1ccc(OC)c(OC)c1. The van der Waals surface area contributed by atoms with Gasteiger partial charge in [-0.3, -0.25) is 4.99 Å². The molecular weight excluding hydrogens is 330 g/mol. The molecule has 0 saturated carbocycles. The maximum Gasteiger partial charge on any atom is 0.193 e. The summed E-state index contributed by atoms with van der Waals surface area (Å²) in [7, 11) is 7.12. The standard InChI is InChI=1S/C20H29N3O3/c1-14-11-17(15(2)26-14)13-22-20(21-3)23(4)10-9-16-7-8-18(24-5)19(12-16)25-6/h7-8,11-12H,9-10,13H2,1-6H3,(H,21,22). The number of nitrogens with zero attached hydrogens (tertiary/aromatic N) is 2. The Labute approximate surface area is 155 Å². The molecule has 26 heavy (non-hydrogen) atoms. The average molecular weight is 359 g/mol. The second-order valence-electron chi connectivity index (χ2n) is 6.20. The van der Waals surface area contributed by atoms with Gasteiger partial charge >= 0.3 is 0 Å². The number of rotatable bonds is 7. The number of guanidine groups is 1. The van der Waals surface area contributed by atoms with Crippen molar-refractivity contribution in [2.24, 2.45) is 4.99 Å². The number of nitrogens with one attached hydrogen (secondary N) is 1. The summed E-state index contributed by atoms with van der Waals surface area (Å²) < 4.78 is 16.2. The van der Waals surface area contributed by atoms with Crippen molar-refractivity contribution in [2.75, 3.05) is 34.9 Å². The average Bonchev–Trinajstić information content (AvgIpc) is 2.97. The van der Waals surface area contributed by atoms with E-state index in [0.717, 1.165) is 47.5 Å². The highest BCUT2D eigenvalue weighted by Crippen LogP contribution is 2.27. The predicted octanol–water partition coefficient (Wildman–Crippen LogP) is 3.16. The third-order valence-electron chi connectivity index (χ3n) is 4.34. The summed E-state index contributed by atoms with van der Waals surface area (Å²) in [6.07, 6.45) is 0.876. The smallest absolute Gasteiger partial charge is 0.193 e. The Morgan fingerprint density at radius 1 is 1.15 bits per heavy atom. The minimum atomic E-state index is 0.691. The number of methoxy groups -OCH3 is 2. The van der Waals surface area contributed by atoms with Crippen LogP contribution < -0.4 is 14.8 Å². The number of ether oxygens (including phenoxy) is 2. The molecular formula is C20H29N3O3. The molecule has 0 aliphatic rings. The quantitative estimate of drug-likeness (QED) is 0.608. The van der Waals surface area contributed by atoms with Gasteiger partial charge < -0.3 is 24.1 Å². The molecule has 6 heteroatoms. The fourth-order valence-corrected chi connectivity index (χ4v) is 2.86. The van der Waals surface area contributed by atoms with E-state index in [9.17, 15) is 0 Å². The molecule has 1 heterocycles. The summed E-state index contributed by atoms with van der Waals surface area (Å²) in [4.78, 5) is 6.48. The molecule has 1 aromatic carbocycles. The number of aliphatic imine (C=N–C) groups is 1. The molecule has 0 bridgehead atoms. The number of likely N-dealkylation sites (N-methyl/N-ethyl adjacent to an activating group) is 1. The molecule has 2 rings (SSSR count). The second-order valence-corrected chi connectivity index (χ2v) is 6.20. The lowest BCUT2D eigenvalue weighted by molar-refractivity contribution is 0.354. The van der Waals surface area contributed by atoms with Crippen LogP contribution in [0.15, 0.2) is 33.7 Å². The first-order valence-electron chi connectivity index (χ1n) is 8.67. The Morgan fingerprint density at radius 2 is 1.88 bits per heavy atom. The van der Waals surface area contributed by atoms with Crippen molar-refractivity contribution < 1.29 is 13.9 Å². The van der Waals surface area contributed by atoms with Gasteiger partial charge in [-0.2, -0.15) is 0 Å². The van der Waals surface area contributed by atoms with Gasteiger partial charge in [-0.1, -0.05) is 6.07 Å². The monoisotopic (exact) mass is 359 g/mol. The number of furan rings is 1. The summed E-state index contributed by atoms with van der Waals surface area (Å²) in [6, 6.07) is 8.06. The van der Waals surface area contributed by atoms with E-state index in [1.54, 1.807) is 21.3 Å². The number of hydrogen-bond acceptors (Lipinski definition) is 4. The van der Waals surface area contributed by atoms with Crippen LogP contribution >= 0.6 is 0 Å². The first kappa shape index (κ1) is 19.7. The van der Waals surface area contributed by atoms with Gasteiger partial charge in [0.15, 0.2) is 17.5 Å². The molecule has 0 aliphatic heterocycles. The van der Waals surface area contributed by atoms with Crippen LogP contribution in [0, 0.1) is 13.8 Å². The molecule has 142 valence electrons. The zero-order valence-electron chi connectivity index (χ0n) is 16.5. The molecule has 1 aromatic heterocycles. The summed E-state index contributed by atoms with van der Waals surface area (Å²) in [6.45, 7) is 5.46. The highest BCUT2D eigenvalue weighted by atomic mass is 16.5. The highest BCUT2D eigenvalue weighted by Gasteiger charge is 2.10. The topological polar surface area (TPSA) is 59.2 Å². The van der Waals surface area contributed by atoms with E-state index in [1.807, 2.05) is 33.0 Å². The highest BCUT2D eigenvalue weighted by molar-refractivity contribution is 5.79. The fourth-order valence-electron chi connectivity index (χ4n) is 2.86. The minimum absolute atomic E-state index is 0.691. The summed E-state index contributed by atoms with van der Waals surface area (Å²) in [5, 5.41) is 3.39. The molecule has 6 nitrogen and oxygen atoms in total. The van der Waals surface area contributed by atoms with Crippen LogP contribution in [-0.4, -0.2) is 45.7 Å².